The Hall–Kier alpha value is -4.69. The van der Waals surface area contributed by atoms with Crippen molar-refractivity contribution in [2.75, 3.05) is 19.7 Å². The number of ether oxygens (including phenoxy) is 6. The maximum atomic E-state index is 15.4. The Kier molecular flexibility index (Phi) is 15.3. The van der Waals surface area contributed by atoms with Crippen molar-refractivity contribution in [1.29, 1.82) is 0 Å². The Labute approximate surface area is 299 Å². The Balaban J connectivity index is 1.67. The van der Waals surface area contributed by atoms with E-state index in [9.17, 15) is 36.2 Å². The standard InChI is InChI=1S/C23H33FN18O12/c24-10-11(35-41-29)21(49-7(14(10)45)2-31-37-25)52-18-6(34-40-28)1-5(33-39-27)13(44)20(18)54-23-17(48)19(9(4-43)51-23)53-22-12(36-42-30)16(47)15(46)8(50-22)3-32-38-26/h5-23,43-48H,1-4H2/t5-,6+,7-,8+,9-,10+,11-,12-,13+,14-,15-,16-,17-,18-,19-,20-,21-,22-,23+/m1/s1. The molecule has 4 aliphatic rings. The topological polar surface area (TPSA) is 469 Å². The van der Waals surface area contributed by atoms with E-state index in [1.165, 1.54) is 0 Å². The second-order valence-electron chi connectivity index (χ2n) is 12.0. The van der Waals surface area contributed by atoms with Crippen LogP contribution >= 0.6 is 0 Å². The summed E-state index contributed by atoms with van der Waals surface area (Å²) in [6.45, 7) is -2.03. The Bertz CT molecular complexity index is 1600. The van der Waals surface area contributed by atoms with E-state index < -0.39 is 142 Å². The molecule has 3 saturated heterocycles. The highest BCUT2D eigenvalue weighted by Gasteiger charge is 2.55. The molecule has 1 saturated carbocycles. The maximum Gasteiger partial charge on any atom is 0.187 e. The summed E-state index contributed by atoms with van der Waals surface area (Å²) in [6.07, 6.45) is -27.5. The lowest BCUT2D eigenvalue weighted by molar-refractivity contribution is -0.302. The molecule has 294 valence electrons. The SMILES string of the molecule is [N-]=[N+]=NC[C@@H]1O[C@H](O[C@H]2[C@@H](O)[C@H](O[C@@H]3[C@@H](O)[C@H](N=[N+]=[N-])C[C@H](N=[N+]=[N-])[C@H]3O[C@H]3O[C@H](CN=[N+]=[N-])[C@@H](O)[C@@H](F)[C@H]3N=[N+]=[N-])O[C@@H]2CO)[C@H](N=[N+]=[N-])[C@@H](O)[C@@H]1O. The number of hydrogen-bond acceptors (Lipinski definition) is 18. The first-order valence-electron chi connectivity index (χ1n) is 15.8. The van der Waals surface area contributed by atoms with Crippen molar-refractivity contribution in [3.63, 3.8) is 0 Å². The second-order valence-corrected chi connectivity index (χ2v) is 12.0. The summed E-state index contributed by atoms with van der Waals surface area (Å²) in [5.41, 5.74) is 54.1. The molecule has 3 heterocycles. The van der Waals surface area contributed by atoms with Gasteiger partial charge < -0.3 is 59.1 Å². The summed E-state index contributed by atoms with van der Waals surface area (Å²) in [4.78, 5) is 15.6. The van der Waals surface area contributed by atoms with Gasteiger partial charge in [-0.2, -0.15) is 0 Å². The molecule has 6 N–H and O–H groups in total. The van der Waals surface area contributed by atoms with Gasteiger partial charge in [0.05, 0.1) is 62.3 Å². The van der Waals surface area contributed by atoms with Gasteiger partial charge in [-0.15, -0.1) is 0 Å². The minimum Gasteiger partial charge on any atom is -0.394 e. The molecule has 54 heavy (non-hydrogen) atoms. The lowest BCUT2D eigenvalue weighted by Gasteiger charge is -2.46. The zero-order chi connectivity index (χ0) is 39.5. The van der Waals surface area contributed by atoms with E-state index in [4.69, 9.17) is 56.1 Å². The fourth-order valence-electron chi connectivity index (χ4n) is 6.37. The zero-order valence-electron chi connectivity index (χ0n) is 27.4. The average Bonchev–Trinajstić information content (AvgIpc) is 3.45. The van der Waals surface area contributed by atoms with Gasteiger partial charge in [0.1, 0.15) is 54.9 Å². The Morgan fingerprint density at radius 2 is 1.04 bits per heavy atom. The minimum atomic E-state index is -2.37. The predicted octanol–water partition coefficient (Wildman–Crippen LogP) is 0.191. The molecular weight excluding hydrogens is 739 g/mol. The first kappa shape index (κ1) is 42.1. The number of aliphatic hydroxyl groups excluding tert-OH is 6. The van der Waals surface area contributed by atoms with Gasteiger partial charge in [0.2, 0.25) is 0 Å². The summed E-state index contributed by atoms with van der Waals surface area (Å²) in [6, 6.07) is -6.42. The number of rotatable bonds is 15. The Morgan fingerprint density at radius 1 is 0.537 bits per heavy atom. The molecule has 0 spiro atoms. The fraction of sp³-hybridized carbons (Fsp3) is 1.00. The highest BCUT2D eigenvalue weighted by Crippen LogP contribution is 2.38. The molecule has 0 amide bonds. The molecule has 0 unspecified atom stereocenters. The summed E-state index contributed by atoms with van der Waals surface area (Å²) in [5, 5.41) is 84.6. The smallest absolute Gasteiger partial charge is 0.187 e. The normalized spacial score (nSPS) is 43.1. The van der Waals surface area contributed by atoms with Crippen LogP contribution in [0.25, 0.3) is 62.7 Å². The summed E-state index contributed by atoms with van der Waals surface area (Å²) >= 11 is 0. The number of alkyl halides is 1. The van der Waals surface area contributed by atoms with Crippen LogP contribution in [0.2, 0.25) is 0 Å². The van der Waals surface area contributed by atoms with Gasteiger partial charge in [0.15, 0.2) is 18.9 Å². The molecule has 0 radical (unpaired) electrons. The highest BCUT2D eigenvalue weighted by atomic mass is 19.1. The third kappa shape index (κ3) is 9.15. The molecule has 0 bridgehead atoms. The van der Waals surface area contributed by atoms with Crippen LogP contribution in [-0.2, 0) is 28.4 Å². The average molecular weight is 773 g/mol. The summed E-state index contributed by atoms with van der Waals surface area (Å²) < 4.78 is 49.8. The van der Waals surface area contributed by atoms with Crippen molar-refractivity contribution >= 4 is 0 Å². The molecule has 4 fully saturated rings. The lowest BCUT2D eigenvalue weighted by atomic mass is 9.84. The fourth-order valence-corrected chi connectivity index (χ4v) is 6.37. The number of nitrogens with zero attached hydrogens (tertiary/aromatic N) is 18. The van der Waals surface area contributed by atoms with E-state index in [-0.39, 0.29) is 0 Å². The molecule has 19 atom stereocenters. The van der Waals surface area contributed by atoms with E-state index in [2.05, 4.69) is 60.2 Å². The first-order valence-corrected chi connectivity index (χ1v) is 15.8. The van der Waals surface area contributed by atoms with Crippen LogP contribution in [0.15, 0.2) is 30.7 Å². The molecule has 3 aliphatic heterocycles. The molecule has 4 rings (SSSR count). The van der Waals surface area contributed by atoms with Crippen molar-refractivity contribution in [2.45, 2.75) is 123 Å². The van der Waals surface area contributed by atoms with Gasteiger partial charge in [0.25, 0.3) is 0 Å². The van der Waals surface area contributed by atoms with Crippen LogP contribution in [0.1, 0.15) is 6.42 Å². The van der Waals surface area contributed by atoms with Gasteiger partial charge in [-0.05, 0) is 39.6 Å². The Morgan fingerprint density at radius 3 is 1.61 bits per heavy atom. The molecule has 1 aliphatic carbocycles. The first-order chi connectivity index (χ1) is 26.0. The highest BCUT2D eigenvalue weighted by molar-refractivity contribution is 5.04. The molecule has 31 heteroatoms. The van der Waals surface area contributed by atoms with Gasteiger partial charge in [-0.3, -0.25) is 0 Å². The van der Waals surface area contributed by atoms with Gasteiger partial charge in [0, 0.05) is 29.5 Å². The monoisotopic (exact) mass is 772 g/mol. The lowest BCUT2D eigenvalue weighted by Crippen LogP contribution is -2.62. The quantitative estimate of drug-likeness (QED) is 0.0738. The zero-order valence-corrected chi connectivity index (χ0v) is 27.4. The van der Waals surface area contributed by atoms with Crippen LogP contribution in [0.3, 0.4) is 0 Å². The summed E-state index contributed by atoms with van der Waals surface area (Å²) in [5.74, 6) is 0. The van der Waals surface area contributed by atoms with E-state index in [1.54, 1.807) is 0 Å². The van der Waals surface area contributed by atoms with Crippen molar-refractivity contribution in [3.05, 3.63) is 62.7 Å². The second kappa shape index (κ2) is 19.6. The van der Waals surface area contributed by atoms with Crippen LogP contribution in [-0.4, -0.2) is 167 Å². The molecule has 0 aromatic heterocycles. The van der Waals surface area contributed by atoms with Gasteiger partial charge in [-0.1, -0.05) is 30.7 Å². The number of hydrogen-bond donors (Lipinski definition) is 6. The van der Waals surface area contributed by atoms with Crippen molar-refractivity contribution < 1.29 is 63.5 Å². The van der Waals surface area contributed by atoms with E-state index in [0.717, 1.165) is 0 Å². The van der Waals surface area contributed by atoms with Crippen LogP contribution in [0, 0.1) is 0 Å². The summed E-state index contributed by atoms with van der Waals surface area (Å²) in [7, 11) is 0. The van der Waals surface area contributed by atoms with Crippen LogP contribution in [0.5, 0.6) is 0 Å². The molecule has 0 aromatic carbocycles. The van der Waals surface area contributed by atoms with Gasteiger partial charge >= 0.3 is 0 Å². The van der Waals surface area contributed by atoms with Crippen molar-refractivity contribution in [3.8, 4) is 0 Å². The minimum absolute atomic E-state index is 0.410. The number of aliphatic hydroxyl groups is 6. The maximum absolute atomic E-state index is 15.4. The van der Waals surface area contributed by atoms with Crippen LogP contribution < -0.4 is 0 Å². The molecule has 30 nitrogen and oxygen atoms in total. The van der Waals surface area contributed by atoms with Gasteiger partial charge in [-0.25, -0.2) is 4.39 Å². The molecular formula is C23H33FN18O12. The van der Waals surface area contributed by atoms with Crippen LogP contribution in [0.4, 0.5) is 4.39 Å². The van der Waals surface area contributed by atoms with E-state index in [1.807, 2.05) is 0 Å². The number of azide groups is 6. The predicted molar refractivity (Wildman–Crippen MR) is 167 cm³/mol. The van der Waals surface area contributed by atoms with Crippen molar-refractivity contribution in [2.24, 2.45) is 30.7 Å². The van der Waals surface area contributed by atoms with E-state index in [0.29, 0.717) is 0 Å². The van der Waals surface area contributed by atoms with E-state index >= 15 is 4.39 Å². The largest absolute Gasteiger partial charge is 0.394 e. The third-order valence-electron chi connectivity index (χ3n) is 8.97. The number of halogens is 1. The third-order valence-corrected chi connectivity index (χ3v) is 8.97. The molecule has 0 aromatic rings. The van der Waals surface area contributed by atoms with Crippen molar-refractivity contribution in [1.82, 2.24) is 0 Å².